The van der Waals surface area contributed by atoms with Crippen molar-refractivity contribution in [3.8, 4) is 0 Å². The fraction of sp³-hybridized carbons (Fsp3) is 0.200. The number of aryl methyl sites for hydroxylation is 3. The lowest BCUT2D eigenvalue weighted by atomic mass is 10.00. The van der Waals surface area contributed by atoms with Gasteiger partial charge >= 0.3 is 0 Å². The van der Waals surface area contributed by atoms with E-state index in [0.29, 0.717) is 5.56 Å². The van der Waals surface area contributed by atoms with Gasteiger partial charge in [0.2, 0.25) is 0 Å². The molecule has 0 radical (unpaired) electrons. The molecular formula is C25H26N2O2S. The van der Waals surface area contributed by atoms with Crippen LogP contribution in [0.25, 0.3) is 6.08 Å². The third-order valence-corrected chi connectivity index (χ3v) is 5.70. The summed E-state index contributed by atoms with van der Waals surface area (Å²) in [5, 5.41) is 7.75. The van der Waals surface area contributed by atoms with Crippen molar-refractivity contribution in [1.82, 2.24) is 10.6 Å². The summed E-state index contributed by atoms with van der Waals surface area (Å²) in [7, 11) is 0. The number of hydrogen-bond donors (Lipinski definition) is 2. The molecule has 3 aromatic rings. The van der Waals surface area contributed by atoms with Crippen LogP contribution in [0, 0.1) is 20.8 Å². The van der Waals surface area contributed by atoms with Gasteiger partial charge in [-0.25, -0.2) is 0 Å². The molecule has 0 saturated heterocycles. The van der Waals surface area contributed by atoms with Crippen molar-refractivity contribution < 1.29 is 9.59 Å². The van der Waals surface area contributed by atoms with Gasteiger partial charge < -0.3 is 10.6 Å². The van der Waals surface area contributed by atoms with Crippen molar-refractivity contribution >= 4 is 29.2 Å². The zero-order valence-corrected chi connectivity index (χ0v) is 18.5. The van der Waals surface area contributed by atoms with Crippen molar-refractivity contribution in [2.24, 2.45) is 0 Å². The highest BCUT2D eigenvalue weighted by molar-refractivity contribution is 7.10. The van der Waals surface area contributed by atoms with Crippen molar-refractivity contribution in [2.75, 3.05) is 0 Å². The van der Waals surface area contributed by atoms with Gasteiger partial charge in [-0.2, -0.15) is 0 Å². The summed E-state index contributed by atoms with van der Waals surface area (Å²) < 4.78 is 0. The molecule has 0 fully saturated rings. The van der Waals surface area contributed by atoms with Gasteiger partial charge in [-0.05, 0) is 68.5 Å². The maximum Gasteiger partial charge on any atom is 0.268 e. The fourth-order valence-corrected chi connectivity index (χ4v) is 3.81. The van der Waals surface area contributed by atoms with Gasteiger partial charge in [-0.3, -0.25) is 9.59 Å². The Morgan fingerprint density at radius 3 is 2.33 bits per heavy atom. The van der Waals surface area contributed by atoms with Crippen molar-refractivity contribution in [1.29, 1.82) is 0 Å². The van der Waals surface area contributed by atoms with Gasteiger partial charge in [-0.1, -0.05) is 47.5 Å². The zero-order valence-electron chi connectivity index (χ0n) is 17.7. The molecule has 1 atom stereocenters. The van der Waals surface area contributed by atoms with Crippen LogP contribution >= 0.6 is 11.3 Å². The number of hydrogen-bond acceptors (Lipinski definition) is 3. The summed E-state index contributed by atoms with van der Waals surface area (Å²) in [5.74, 6) is -0.635. The van der Waals surface area contributed by atoms with Crippen LogP contribution in [0.5, 0.6) is 0 Å². The van der Waals surface area contributed by atoms with Gasteiger partial charge in [0.25, 0.3) is 11.8 Å². The first-order chi connectivity index (χ1) is 14.3. The quantitative estimate of drug-likeness (QED) is 0.532. The van der Waals surface area contributed by atoms with Crippen LogP contribution in [0.4, 0.5) is 0 Å². The summed E-state index contributed by atoms with van der Waals surface area (Å²) in [6.07, 6.45) is 1.71. The maximum atomic E-state index is 13.1. The number of thiophene rings is 1. The van der Waals surface area contributed by atoms with Crippen LogP contribution in [-0.4, -0.2) is 11.8 Å². The average molecular weight is 419 g/mol. The maximum absolute atomic E-state index is 13.1. The zero-order chi connectivity index (χ0) is 21.7. The molecule has 1 aromatic heterocycles. The molecule has 2 amide bonds. The Morgan fingerprint density at radius 1 is 0.967 bits per heavy atom. The predicted octanol–water partition coefficient (Wildman–Crippen LogP) is 5.32. The van der Waals surface area contributed by atoms with Gasteiger partial charge in [-0.15, -0.1) is 11.3 Å². The fourth-order valence-electron chi connectivity index (χ4n) is 3.15. The average Bonchev–Trinajstić information content (AvgIpc) is 3.22. The van der Waals surface area contributed by atoms with Crippen LogP contribution in [0.3, 0.4) is 0 Å². The first-order valence-electron chi connectivity index (χ1n) is 9.84. The SMILES string of the molecule is Cc1ccc(C(=O)N/C(=C\c2cccs2)C(=O)N[C@@H](C)c2cc(C)ccc2C)cc1. The highest BCUT2D eigenvalue weighted by atomic mass is 32.1. The summed E-state index contributed by atoms with van der Waals surface area (Å²) in [4.78, 5) is 26.7. The molecule has 5 heteroatoms. The summed E-state index contributed by atoms with van der Waals surface area (Å²) in [6.45, 7) is 7.97. The van der Waals surface area contributed by atoms with Crippen LogP contribution in [0.1, 0.15) is 50.5 Å². The lowest BCUT2D eigenvalue weighted by molar-refractivity contribution is -0.118. The van der Waals surface area contributed by atoms with E-state index in [0.717, 1.165) is 27.1 Å². The number of carbonyl (C=O) groups excluding carboxylic acids is 2. The van der Waals surface area contributed by atoms with E-state index in [1.807, 2.05) is 57.3 Å². The Labute approximate surface area is 181 Å². The third-order valence-electron chi connectivity index (χ3n) is 4.89. The largest absolute Gasteiger partial charge is 0.344 e. The molecule has 2 N–H and O–H groups in total. The van der Waals surface area contributed by atoms with Crippen molar-refractivity contribution in [3.63, 3.8) is 0 Å². The third kappa shape index (κ3) is 5.45. The molecular weight excluding hydrogens is 392 g/mol. The predicted molar refractivity (Wildman–Crippen MR) is 123 cm³/mol. The molecule has 0 saturated carbocycles. The number of rotatable bonds is 6. The Balaban J connectivity index is 1.83. The minimum absolute atomic E-state index is 0.194. The van der Waals surface area contributed by atoms with E-state index in [1.54, 1.807) is 18.2 Å². The van der Waals surface area contributed by atoms with Crippen molar-refractivity contribution in [3.05, 3.63) is 98.4 Å². The van der Waals surface area contributed by atoms with E-state index in [-0.39, 0.29) is 23.6 Å². The van der Waals surface area contributed by atoms with Gasteiger partial charge in [0.15, 0.2) is 0 Å². The minimum Gasteiger partial charge on any atom is -0.344 e. The Hall–Kier alpha value is -3.18. The van der Waals surface area contributed by atoms with Crippen LogP contribution in [0.15, 0.2) is 65.7 Å². The van der Waals surface area contributed by atoms with E-state index in [2.05, 4.69) is 28.8 Å². The van der Waals surface area contributed by atoms with E-state index in [9.17, 15) is 9.59 Å². The molecule has 2 aromatic carbocycles. The van der Waals surface area contributed by atoms with E-state index >= 15 is 0 Å². The highest BCUT2D eigenvalue weighted by Gasteiger charge is 2.18. The molecule has 30 heavy (non-hydrogen) atoms. The summed E-state index contributed by atoms with van der Waals surface area (Å²) in [6, 6.07) is 17.1. The monoisotopic (exact) mass is 418 g/mol. The highest BCUT2D eigenvalue weighted by Crippen LogP contribution is 2.20. The topological polar surface area (TPSA) is 58.2 Å². The number of nitrogens with one attached hydrogen (secondary N) is 2. The van der Waals surface area contributed by atoms with E-state index < -0.39 is 0 Å². The second-order valence-electron chi connectivity index (χ2n) is 7.45. The number of carbonyl (C=O) groups is 2. The molecule has 1 heterocycles. The second kappa shape index (κ2) is 9.55. The first kappa shape index (κ1) is 21.5. The Bertz CT molecular complexity index is 1070. The molecule has 0 unspecified atom stereocenters. The van der Waals surface area contributed by atoms with E-state index in [4.69, 9.17) is 0 Å². The smallest absolute Gasteiger partial charge is 0.268 e. The molecule has 4 nitrogen and oxygen atoms in total. The number of benzene rings is 2. The normalized spacial score (nSPS) is 12.3. The van der Waals surface area contributed by atoms with Crippen LogP contribution in [-0.2, 0) is 4.79 Å². The lowest BCUT2D eigenvalue weighted by Crippen LogP contribution is -2.36. The first-order valence-corrected chi connectivity index (χ1v) is 10.7. The molecule has 154 valence electrons. The second-order valence-corrected chi connectivity index (χ2v) is 8.43. The Kier molecular flexibility index (Phi) is 6.85. The summed E-state index contributed by atoms with van der Waals surface area (Å²) in [5.41, 5.74) is 5.11. The molecule has 0 aliphatic rings. The Morgan fingerprint density at radius 2 is 1.67 bits per heavy atom. The molecule has 0 bridgehead atoms. The number of amides is 2. The summed E-state index contributed by atoms with van der Waals surface area (Å²) >= 11 is 1.51. The molecule has 0 aliphatic heterocycles. The van der Waals surface area contributed by atoms with Crippen LogP contribution < -0.4 is 10.6 Å². The molecule has 3 rings (SSSR count). The lowest BCUT2D eigenvalue weighted by Gasteiger charge is -2.19. The van der Waals surface area contributed by atoms with Crippen molar-refractivity contribution in [2.45, 2.75) is 33.7 Å². The molecule has 0 spiro atoms. The van der Waals surface area contributed by atoms with Gasteiger partial charge in [0, 0.05) is 10.4 Å². The molecule has 0 aliphatic carbocycles. The van der Waals surface area contributed by atoms with Gasteiger partial charge in [0.1, 0.15) is 5.70 Å². The minimum atomic E-state index is -0.322. The van der Waals surface area contributed by atoms with Gasteiger partial charge in [0.05, 0.1) is 6.04 Å². The van der Waals surface area contributed by atoms with E-state index in [1.165, 1.54) is 11.3 Å². The standard InChI is InChI=1S/C25H26N2O2S/c1-16-8-11-20(12-9-16)24(28)27-23(15-21-6-5-13-30-21)25(29)26-19(4)22-14-17(2)7-10-18(22)3/h5-15,19H,1-4H3,(H,26,29)(H,27,28)/b23-15-/t19-/m0/s1. The van der Waals surface area contributed by atoms with Crippen LogP contribution in [0.2, 0.25) is 0 Å².